The summed E-state index contributed by atoms with van der Waals surface area (Å²) in [6, 6.07) is 2.58. The molecule has 0 saturated carbocycles. The van der Waals surface area contributed by atoms with Crippen molar-refractivity contribution < 1.29 is 13.6 Å². The minimum atomic E-state index is -1.17. The molecule has 19 heavy (non-hydrogen) atoms. The second-order valence-corrected chi connectivity index (χ2v) is 4.04. The predicted octanol–water partition coefficient (Wildman–Crippen LogP) is 1.05. The largest absolute Gasteiger partial charge is 0.329 e. The molecule has 0 bridgehead atoms. The lowest BCUT2D eigenvalue weighted by atomic mass is 10.1. The number of carbonyl (C=O) groups excluding carboxylic acids is 1. The van der Waals surface area contributed by atoms with Crippen molar-refractivity contribution in [3.8, 4) is 0 Å². The first-order chi connectivity index (χ1) is 9.04. The van der Waals surface area contributed by atoms with Crippen molar-refractivity contribution in [1.82, 2.24) is 15.0 Å². The fourth-order valence-corrected chi connectivity index (χ4v) is 1.60. The summed E-state index contributed by atoms with van der Waals surface area (Å²) in [4.78, 5) is 12.0. The van der Waals surface area contributed by atoms with Crippen LogP contribution in [0.5, 0.6) is 0 Å². The average Bonchev–Trinajstić information content (AvgIpc) is 2.85. The highest BCUT2D eigenvalue weighted by Crippen LogP contribution is 2.18. The van der Waals surface area contributed by atoms with Crippen LogP contribution >= 0.6 is 0 Å². The number of hydrogen-bond acceptors (Lipinski definition) is 4. The Balaban J connectivity index is 2.36. The van der Waals surface area contributed by atoms with E-state index in [1.807, 2.05) is 0 Å². The van der Waals surface area contributed by atoms with Crippen molar-refractivity contribution in [1.29, 1.82) is 0 Å². The molecule has 0 aliphatic carbocycles. The summed E-state index contributed by atoms with van der Waals surface area (Å²) in [6.45, 7) is 2.15. The Kier molecular flexibility index (Phi) is 3.66. The third-order valence-electron chi connectivity index (χ3n) is 2.65. The Morgan fingerprint density at radius 1 is 1.37 bits per heavy atom. The van der Waals surface area contributed by atoms with Gasteiger partial charge in [-0.1, -0.05) is 11.3 Å². The summed E-state index contributed by atoms with van der Waals surface area (Å²) < 4.78 is 28.5. The van der Waals surface area contributed by atoms with Gasteiger partial charge in [-0.2, -0.15) is 0 Å². The number of nitrogens with two attached hydrogens (primary N) is 1. The molecule has 1 heterocycles. The zero-order valence-corrected chi connectivity index (χ0v) is 10.2. The Bertz CT molecular complexity index is 624. The molecule has 1 aromatic carbocycles. The quantitative estimate of drug-likeness (QED) is 0.839. The molecular formula is C12H12F2N4O. The third-order valence-corrected chi connectivity index (χ3v) is 2.65. The summed E-state index contributed by atoms with van der Waals surface area (Å²) in [6.07, 6.45) is 1.35. The lowest BCUT2D eigenvalue weighted by Gasteiger charge is -2.03. The number of ketones is 1. The lowest BCUT2D eigenvalue weighted by Crippen LogP contribution is -2.10. The number of aryl methyl sites for hydroxylation is 1. The van der Waals surface area contributed by atoms with E-state index in [4.69, 9.17) is 5.73 Å². The average molecular weight is 266 g/mol. The maximum Gasteiger partial charge on any atom is 0.217 e. The standard InChI is InChI=1S/C12H12F2N4O/c1-7-2-3-8(11(14)10(7)13)12(19)9-6-18(5-4-15)17-16-9/h2-3,6H,4-5,15H2,1H3. The van der Waals surface area contributed by atoms with Gasteiger partial charge in [0, 0.05) is 6.54 Å². The summed E-state index contributed by atoms with van der Waals surface area (Å²) in [7, 11) is 0. The molecule has 0 aliphatic heterocycles. The van der Waals surface area contributed by atoms with Gasteiger partial charge in [0.15, 0.2) is 17.3 Å². The summed E-state index contributed by atoms with van der Waals surface area (Å²) in [5, 5.41) is 7.29. The molecule has 0 amide bonds. The number of nitrogens with zero attached hydrogens (tertiary/aromatic N) is 3. The van der Waals surface area contributed by atoms with Gasteiger partial charge in [0.05, 0.1) is 18.3 Å². The van der Waals surface area contributed by atoms with Crippen LogP contribution in [0.4, 0.5) is 8.78 Å². The van der Waals surface area contributed by atoms with E-state index in [9.17, 15) is 13.6 Å². The number of benzene rings is 1. The van der Waals surface area contributed by atoms with Crippen LogP contribution in [0.3, 0.4) is 0 Å². The maximum absolute atomic E-state index is 13.7. The van der Waals surface area contributed by atoms with Crippen LogP contribution in [0, 0.1) is 18.6 Å². The van der Waals surface area contributed by atoms with Crippen LogP contribution in [0.15, 0.2) is 18.3 Å². The number of hydrogen-bond donors (Lipinski definition) is 1. The summed E-state index contributed by atoms with van der Waals surface area (Å²) in [5.41, 5.74) is 5.07. The highest BCUT2D eigenvalue weighted by atomic mass is 19.2. The molecule has 5 nitrogen and oxygen atoms in total. The van der Waals surface area contributed by atoms with Gasteiger partial charge in [-0.25, -0.2) is 8.78 Å². The zero-order valence-electron chi connectivity index (χ0n) is 10.2. The van der Waals surface area contributed by atoms with Gasteiger partial charge in [-0.05, 0) is 18.6 Å². The molecule has 0 spiro atoms. The molecular weight excluding hydrogens is 254 g/mol. The monoisotopic (exact) mass is 266 g/mol. The Morgan fingerprint density at radius 3 is 2.79 bits per heavy atom. The van der Waals surface area contributed by atoms with Crippen LogP contribution in [0.1, 0.15) is 21.6 Å². The van der Waals surface area contributed by atoms with E-state index in [0.29, 0.717) is 13.1 Å². The van der Waals surface area contributed by atoms with Crippen LogP contribution < -0.4 is 5.73 Å². The van der Waals surface area contributed by atoms with Gasteiger partial charge in [0.1, 0.15) is 0 Å². The number of halogens is 2. The molecule has 0 fully saturated rings. The van der Waals surface area contributed by atoms with E-state index in [2.05, 4.69) is 10.3 Å². The predicted molar refractivity (Wildman–Crippen MR) is 63.6 cm³/mol. The van der Waals surface area contributed by atoms with Crippen molar-refractivity contribution in [2.75, 3.05) is 6.54 Å². The SMILES string of the molecule is Cc1ccc(C(=O)c2cn(CCN)nn2)c(F)c1F. The molecule has 7 heteroatoms. The second-order valence-electron chi connectivity index (χ2n) is 4.04. The first kappa shape index (κ1) is 13.3. The molecule has 2 rings (SSSR count). The number of aromatic nitrogens is 3. The van der Waals surface area contributed by atoms with E-state index < -0.39 is 17.4 Å². The lowest BCUT2D eigenvalue weighted by molar-refractivity contribution is 0.102. The van der Waals surface area contributed by atoms with E-state index in [-0.39, 0.29) is 16.8 Å². The van der Waals surface area contributed by atoms with Gasteiger partial charge in [-0.3, -0.25) is 9.48 Å². The topological polar surface area (TPSA) is 73.8 Å². The third kappa shape index (κ3) is 2.50. The maximum atomic E-state index is 13.7. The van der Waals surface area contributed by atoms with E-state index in [0.717, 1.165) is 0 Å². The van der Waals surface area contributed by atoms with Crippen LogP contribution in [0.2, 0.25) is 0 Å². The minimum absolute atomic E-state index is 0.0457. The highest BCUT2D eigenvalue weighted by molar-refractivity contribution is 6.07. The fourth-order valence-electron chi connectivity index (χ4n) is 1.60. The second kappa shape index (κ2) is 5.23. The van der Waals surface area contributed by atoms with Gasteiger partial charge in [-0.15, -0.1) is 5.10 Å². The summed E-state index contributed by atoms with van der Waals surface area (Å²) >= 11 is 0. The Labute approximate surface area is 108 Å². The molecule has 2 N–H and O–H groups in total. The Morgan fingerprint density at radius 2 is 2.11 bits per heavy atom. The molecule has 0 radical (unpaired) electrons. The molecule has 0 saturated heterocycles. The molecule has 1 aromatic heterocycles. The van der Waals surface area contributed by atoms with Crippen LogP contribution in [0.25, 0.3) is 0 Å². The van der Waals surface area contributed by atoms with Crippen LogP contribution in [-0.4, -0.2) is 27.3 Å². The first-order valence-electron chi connectivity index (χ1n) is 5.64. The van der Waals surface area contributed by atoms with E-state index in [1.165, 1.54) is 29.9 Å². The van der Waals surface area contributed by atoms with Crippen molar-refractivity contribution in [3.63, 3.8) is 0 Å². The smallest absolute Gasteiger partial charge is 0.217 e. The van der Waals surface area contributed by atoms with Crippen molar-refractivity contribution in [2.45, 2.75) is 13.5 Å². The molecule has 0 atom stereocenters. The Hall–Kier alpha value is -2.15. The fraction of sp³-hybridized carbons (Fsp3) is 0.250. The summed E-state index contributed by atoms with van der Waals surface area (Å²) in [5.74, 6) is -2.90. The molecule has 0 unspecified atom stereocenters. The van der Waals surface area contributed by atoms with Crippen molar-refractivity contribution >= 4 is 5.78 Å². The first-order valence-corrected chi connectivity index (χ1v) is 5.64. The molecule has 100 valence electrons. The zero-order chi connectivity index (χ0) is 14.0. The van der Waals surface area contributed by atoms with E-state index >= 15 is 0 Å². The molecule has 0 aliphatic rings. The van der Waals surface area contributed by atoms with E-state index in [1.54, 1.807) is 0 Å². The van der Waals surface area contributed by atoms with Crippen molar-refractivity contribution in [3.05, 3.63) is 46.8 Å². The highest BCUT2D eigenvalue weighted by Gasteiger charge is 2.20. The minimum Gasteiger partial charge on any atom is -0.329 e. The van der Waals surface area contributed by atoms with Crippen LogP contribution in [-0.2, 0) is 6.54 Å². The van der Waals surface area contributed by atoms with Gasteiger partial charge >= 0.3 is 0 Å². The number of rotatable bonds is 4. The number of carbonyl (C=O) groups is 1. The van der Waals surface area contributed by atoms with Gasteiger partial charge in [0.2, 0.25) is 5.78 Å². The van der Waals surface area contributed by atoms with Crippen molar-refractivity contribution in [2.24, 2.45) is 5.73 Å². The van der Waals surface area contributed by atoms with Gasteiger partial charge in [0.25, 0.3) is 0 Å². The van der Waals surface area contributed by atoms with Gasteiger partial charge < -0.3 is 5.73 Å². The molecule has 2 aromatic rings. The normalized spacial score (nSPS) is 10.7.